The maximum atomic E-state index is 13.1. The van der Waals surface area contributed by atoms with Crippen molar-refractivity contribution in [3.05, 3.63) is 88.2 Å². The number of carbonyl (C=O) groups is 1. The Morgan fingerprint density at radius 3 is 2.73 bits per heavy atom. The number of amides is 1. The Kier molecular flexibility index (Phi) is 7.48. The van der Waals surface area contributed by atoms with Gasteiger partial charge in [-0.15, -0.1) is 11.3 Å². The number of hydrogen-bond donors (Lipinski definition) is 1. The highest BCUT2D eigenvalue weighted by Crippen LogP contribution is 2.33. The number of aromatic nitrogens is 3. The zero-order chi connectivity index (χ0) is 27.6. The van der Waals surface area contributed by atoms with E-state index in [0.717, 1.165) is 54.7 Å². The van der Waals surface area contributed by atoms with Crippen molar-refractivity contribution in [2.75, 3.05) is 18.4 Å². The van der Waals surface area contributed by atoms with E-state index in [0.29, 0.717) is 28.8 Å². The number of rotatable bonds is 6. The molecule has 6 rings (SSSR count). The number of nitriles is 1. The van der Waals surface area contributed by atoms with E-state index in [1.807, 2.05) is 53.5 Å². The first kappa shape index (κ1) is 26.4. The lowest BCUT2D eigenvalue weighted by atomic mass is 9.95. The van der Waals surface area contributed by atoms with Gasteiger partial charge >= 0.3 is 0 Å². The summed E-state index contributed by atoms with van der Waals surface area (Å²) >= 11 is 1.60. The fourth-order valence-electron chi connectivity index (χ4n) is 5.74. The van der Waals surface area contributed by atoms with E-state index in [9.17, 15) is 4.79 Å². The minimum absolute atomic E-state index is 0.154. The number of morpholine rings is 1. The molecule has 1 saturated heterocycles. The number of benzene rings is 2. The van der Waals surface area contributed by atoms with Crippen LogP contribution in [0.25, 0.3) is 11.1 Å². The van der Waals surface area contributed by atoms with Crippen LogP contribution in [0.4, 0.5) is 5.13 Å². The van der Waals surface area contributed by atoms with Gasteiger partial charge in [-0.25, -0.2) is 4.98 Å². The number of nitrogens with one attached hydrogen (secondary N) is 1. The number of thiazole rings is 1. The zero-order valence-corrected chi connectivity index (χ0v) is 23.5. The molecule has 4 aromatic rings. The van der Waals surface area contributed by atoms with E-state index in [1.165, 1.54) is 4.88 Å². The quantitative estimate of drug-likeness (QED) is 0.356. The molecule has 1 amide bonds. The van der Waals surface area contributed by atoms with Gasteiger partial charge in [0.1, 0.15) is 0 Å². The Morgan fingerprint density at radius 1 is 1.15 bits per heavy atom. The topological polar surface area (TPSA) is 96.1 Å². The molecule has 2 aromatic heterocycles. The van der Waals surface area contributed by atoms with Crippen molar-refractivity contribution in [2.45, 2.75) is 57.9 Å². The summed E-state index contributed by atoms with van der Waals surface area (Å²) in [5.41, 5.74) is 5.31. The second-order valence-electron chi connectivity index (χ2n) is 10.8. The number of aryl methyl sites for hydroxylation is 1. The van der Waals surface area contributed by atoms with Crippen molar-refractivity contribution in [1.29, 1.82) is 5.26 Å². The molecular formula is C31H32N6O2S. The van der Waals surface area contributed by atoms with Crippen LogP contribution in [0.1, 0.15) is 52.3 Å². The first-order valence-corrected chi connectivity index (χ1v) is 14.6. The molecule has 1 N–H and O–H groups in total. The molecule has 1 aliphatic heterocycles. The highest BCUT2D eigenvalue weighted by atomic mass is 32.1. The lowest BCUT2D eigenvalue weighted by molar-refractivity contribution is -0.0815. The average molecular weight is 553 g/mol. The Labute approximate surface area is 238 Å². The van der Waals surface area contributed by atoms with Crippen molar-refractivity contribution in [1.82, 2.24) is 19.7 Å². The molecule has 3 unspecified atom stereocenters. The molecule has 0 spiro atoms. The first-order valence-electron chi connectivity index (χ1n) is 13.7. The van der Waals surface area contributed by atoms with E-state index in [-0.39, 0.29) is 18.1 Å². The highest BCUT2D eigenvalue weighted by molar-refractivity contribution is 7.15. The number of hydrogen-bond acceptors (Lipinski definition) is 7. The van der Waals surface area contributed by atoms with Gasteiger partial charge < -0.3 is 4.74 Å². The van der Waals surface area contributed by atoms with Gasteiger partial charge in [0.15, 0.2) is 5.13 Å². The third-order valence-electron chi connectivity index (χ3n) is 7.61. The molecule has 3 atom stereocenters. The van der Waals surface area contributed by atoms with Gasteiger partial charge in [0.25, 0.3) is 5.91 Å². The minimum atomic E-state index is -0.154. The second kappa shape index (κ2) is 11.3. The number of carbonyl (C=O) groups excluding carboxylic acids is 1. The van der Waals surface area contributed by atoms with Crippen LogP contribution in [-0.4, -0.2) is 56.9 Å². The summed E-state index contributed by atoms with van der Waals surface area (Å²) in [6, 6.07) is 17.7. The van der Waals surface area contributed by atoms with Crippen LogP contribution in [0.3, 0.4) is 0 Å². The monoisotopic (exact) mass is 552 g/mol. The van der Waals surface area contributed by atoms with Crippen molar-refractivity contribution in [3.8, 4) is 17.2 Å². The maximum absolute atomic E-state index is 13.1. The molecule has 1 fully saturated rings. The summed E-state index contributed by atoms with van der Waals surface area (Å²) in [5, 5.41) is 17.2. The lowest BCUT2D eigenvalue weighted by Gasteiger charge is -2.41. The van der Waals surface area contributed by atoms with E-state index < -0.39 is 0 Å². The second-order valence-corrected chi connectivity index (χ2v) is 11.9. The summed E-state index contributed by atoms with van der Waals surface area (Å²) in [4.78, 5) is 21.8. The lowest BCUT2D eigenvalue weighted by Crippen LogP contribution is -2.51. The fraction of sp³-hybridized carbons (Fsp3) is 0.355. The van der Waals surface area contributed by atoms with Crippen molar-refractivity contribution in [2.24, 2.45) is 0 Å². The smallest absolute Gasteiger partial charge is 0.257 e. The summed E-state index contributed by atoms with van der Waals surface area (Å²) < 4.78 is 7.78. The third-order valence-corrected chi connectivity index (χ3v) is 8.65. The summed E-state index contributed by atoms with van der Waals surface area (Å²) in [7, 11) is 0. The van der Waals surface area contributed by atoms with Crippen molar-refractivity contribution < 1.29 is 9.53 Å². The number of nitrogens with zero attached hydrogens (tertiary/aromatic N) is 5. The van der Waals surface area contributed by atoms with Crippen LogP contribution >= 0.6 is 11.3 Å². The molecule has 9 heteroatoms. The maximum Gasteiger partial charge on any atom is 0.257 e. The molecule has 40 heavy (non-hydrogen) atoms. The summed E-state index contributed by atoms with van der Waals surface area (Å²) in [5.74, 6) is -0.154. The van der Waals surface area contributed by atoms with E-state index in [1.54, 1.807) is 23.5 Å². The Morgan fingerprint density at radius 2 is 1.95 bits per heavy atom. The Hall–Kier alpha value is -3.84. The predicted molar refractivity (Wildman–Crippen MR) is 155 cm³/mol. The van der Waals surface area contributed by atoms with Crippen LogP contribution in [0.5, 0.6) is 0 Å². The molecule has 0 radical (unpaired) electrons. The molecule has 0 bridgehead atoms. The molecule has 204 valence electrons. The van der Waals surface area contributed by atoms with Gasteiger partial charge in [-0.1, -0.05) is 24.3 Å². The zero-order valence-electron chi connectivity index (χ0n) is 22.7. The van der Waals surface area contributed by atoms with Gasteiger partial charge in [0.2, 0.25) is 0 Å². The molecule has 2 aromatic carbocycles. The standard InChI is InChI=1S/C31H32N6O2S/c1-20-16-36(17-21(2)39-20)27-10-11-28-29(13-27)40-31(34-28)35-30(38)25-5-3-4-23(12-25)18-37-19-26(15-33-37)24-8-6-22(14-32)7-9-24/h3-9,12,15,19-21,27H,10-11,13,16-18H2,1-2H3,(H,34,35,38). The number of fused-ring (bicyclic) bond motifs is 1. The van der Waals surface area contributed by atoms with E-state index >= 15 is 0 Å². The largest absolute Gasteiger partial charge is 0.373 e. The molecule has 1 aliphatic carbocycles. The first-order chi connectivity index (χ1) is 19.4. The van der Waals surface area contributed by atoms with Crippen LogP contribution in [0, 0.1) is 11.3 Å². The van der Waals surface area contributed by atoms with E-state index in [2.05, 4.69) is 35.2 Å². The summed E-state index contributed by atoms with van der Waals surface area (Å²) in [6.07, 6.45) is 7.31. The Bertz CT molecular complexity index is 1540. The fourth-order valence-corrected chi connectivity index (χ4v) is 6.82. The molecule has 3 heterocycles. The van der Waals surface area contributed by atoms with Crippen LogP contribution < -0.4 is 5.32 Å². The third kappa shape index (κ3) is 5.85. The van der Waals surface area contributed by atoms with Gasteiger partial charge in [0.05, 0.1) is 42.3 Å². The van der Waals surface area contributed by atoms with Gasteiger partial charge in [-0.2, -0.15) is 10.4 Å². The molecule has 8 nitrogen and oxygen atoms in total. The number of ether oxygens (including phenoxy) is 1. The van der Waals surface area contributed by atoms with E-state index in [4.69, 9.17) is 15.0 Å². The van der Waals surface area contributed by atoms with Gasteiger partial charge in [0, 0.05) is 41.3 Å². The normalized spacial score (nSPS) is 21.0. The molecular weight excluding hydrogens is 520 g/mol. The Balaban J connectivity index is 1.09. The van der Waals surface area contributed by atoms with Crippen LogP contribution in [0.15, 0.2) is 60.9 Å². The minimum Gasteiger partial charge on any atom is -0.373 e. The molecule has 0 saturated carbocycles. The van der Waals surface area contributed by atoms with Gasteiger partial charge in [-0.05, 0) is 68.5 Å². The highest BCUT2D eigenvalue weighted by Gasteiger charge is 2.32. The van der Waals surface area contributed by atoms with Crippen molar-refractivity contribution >= 4 is 22.4 Å². The van der Waals surface area contributed by atoms with Gasteiger partial charge in [-0.3, -0.25) is 19.7 Å². The molecule has 2 aliphatic rings. The van der Waals surface area contributed by atoms with Crippen LogP contribution in [-0.2, 0) is 24.1 Å². The van der Waals surface area contributed by atoms with Crippen molar-refractivity contribution in [3.63, 3.8) is 0 Å². The predicted octanol–water partition coefficient (Wildman–Crippen LogP) is 5.15. The average Bonchev–Trinajstić information content (AvgIpc) is 3.59. The van der Waals surface area contributed by atoms with Crippen LogP contribution in [0.2, 0.25) is 0 Å². The SMILES string of the molecule is CC1CN(C2CCc3nc(NC(=O)c4cccc(Cn5cc(-c6ccc(C#N)cc6)cn5)c4)sc3C2)CC(C)O1. The number of anilines is 1. The summed E-state index contributed by atoms with van der Waals surface area (Å²) in [6.45, 7) is 6.78.